The summed E-state index contributed by atoms with van der Waals surface area (Å²) in [6.45, 7) is 6.69. The highest BCUT2D eigenvalue weighted by Crippen LogP contribution is 2.24. The van der Waals surface area contributed by atoms with Gasteiger partial charge in [0.2, 0.25) is 0 Å². The van der Waals surface area contributed by atoms with Crippen molar-refractivity contribution in [1.82, 2.24) is 4.90 Å². The maximum Gasteiger partial charge on any atom is 0.253 e. The van der Waals surface area contributed by atoms with E-state index < -0.39 is 5.60 Å². The van der Waals surface area contributed by atoms with E-state index in [1.54, 1.807) is 0 Å². The Balaban J connectivity index is 1.71. The molecule has 2 amide bonds. The molecular formula is C18H23NO4. The van der Waals surface area contributed by atoms with Crippen LogP contribution in [0.2, 0.25) is 0 Å². The molecule has 0 bridgehead atoms. The van der Waals surface area contributed by atoms with Crippen molar-refractivity contribution < 1.29 is 19.4 Å². The second-order valence-electron chi connectivity index (χ2n) is 6.30. The summed E-state index contributed by atoms with van der Waals surface area (Å²) in [6.07, 6.45) is 3.28. The third kappa shape index (κ3) is 4.74. The molecular weight excluding hydrogens is 294 g/mol. The smallest absolute Gasteiger partial charge is 0.253 e. The molecule has 5 nitrogen and oxygen atoms in total. The Morgan fingerprint density at radius 3 is 2.30 bits per heavy atom. The van der Waals surface area contributed by atoms with Crippen LogP contribution in [0.4, 0.5) is 0 Å². The molecule has 5 heteroatoms. The number of imide groups is 1. The second-order valence-corrected chi connectivity index (χ2v) is 6.30. The van der Waals surface area contributed by atoms with Crippen LogP contribution >= 0.6 is 0 Å². The second kappa shape index (κ2) is 7.53. The van der Waals surface area contributed by atoms with Gasteiger partial charge in [0.15, 0.2) is 0 Å². The molecule has 23 heavy (non-hydrogen) atoms. The molecule has 1 atom stereocenters. The fraction of sp³-hybridized carbons (Fsp3) is 0.444. The van der Waals surface area contributed by atoms with Crippen molar-refractivity contribution in [2.45, 2.75) is 32.8 Å². The third-order valence-corrected chi connectivity index (χ3v) is 3.83. The quantitative estimate of drug-likeness (QED) is 0.420. The predicted octanol–water partition coefficient (Wildman–Crippen LogP) is 2.82. The molecule has 1 aromatic rings. The predicted molar refractivity (Wildman–Crippen MR) is 86.1 cm³/mol. The summed E-state index contributed by atoms with van der Waals surface area (Å²) >= 11 is 0. The van der Waals surface area contributed by atoms with Gasteiger partial charge in [-0.15, -0.1) is 0 Å². The van der Waals surface area contributed by atoms with E-state index in [9.17, 15) is 9.59 Å². The van der Waals surface area contributed by atoms with Gasteiger partial charge in [0.25, 0.3) is 11.8 Å². The zero-order chi connectivity index (χ0) is 16.9. The van der Waals surface area contributed by atoms with Gasteiger partial charge < -0.3 is 0 Å². The van der Waals surface area contributed by atoms with Gasteiger partial charge in [0, 0.05) is 18.7 Å². The Morgan fingerprint density at radius 1 is 1.09 bits per heavy atom. The van der Waals surface area contributed by atoms with Gasteiger partial charge >= 0.3 is 0 Å². The lowest BCUT2D eigenvalue weighted by Gasteiger charge is -2.25. The molecule has 0 radical (unpaired) electrons. The normalized spacial score (nSPS) is 16.2. The van der Waals surface area contributed by atoms with Crippen LogP contribution in [0.3, 0.4) is 0 Å². The zero-order valence-corrected chi connectivity index (χ0v) is 13.8. The van der Waals surface area contributed by atoms with Gasteiger partial charge in [-0.05, 0) is 31.7 Å². The summed E-state index contributed by atoms with van der Waals surface area (Å²) in [5.41, 5.74) is 0.498. The van der Waals surface area contributed by atoms with Gasteiger partial charge in [-0.25, -0.2) is 9.78 Å². The van der Waals surface area contributed by atoms with Crippen molar-refractivity contribution in [3.8, 4) is 0 Å². The van der Waals surface area contributed by atoms with Crippen LogP contribution < -0.4 is 0 Å². The lowest BCUT2D eigenvalue weighted by molar-refractivity contribution is -0.362. The van der Waals surface area contributed by atoms with Crippen LogP contribution in [-0.2, 0) is 25.0 Å². The van der Waals surface area contributed by atoms with E-state index >= 15 is 0 Å². The third-order valence-electron chi connectivity index (χ3n) is 3.83. The minimum Gasteiger partial charge on any atom is -0.275 e. The first-order valence-corrected chi connectivity index (χ1v) is 7.80. The fourth-order valence-corrected chi connectivity index (χ4v) is 2.27. The monoisotopic (exact) mass is 317 g/mol. The Bertz CT molecular complexity index is 562. The Kier molecular flexibility index (Phi) is 5.69. The van der Waals surface area contributed by atoms with E-state index in [-0.39, 0.29) is 17.7 Å². The number of carbonyl (C=O) groups excluding carboxylic acids is 2. The van der Waals surface area contributed by atoms with Crippen LogP contribution in [0.25, 0.3) is 0 Å². The number of rotatable bonds is 8. The average Bonchev–Trinajstić information content (AvgIpc) is 2.84. The number of nitrogens with zero attached hydrogens (tertiary/aromatic N) is 1. The van der Waals surface area contributed by atoms with E-state index in [0.29, 0.717) is 19.6 Å². The van der Waals surface area contributed by atoms with Crippen LogP contribution in [0, 0.1) is 5.92 Å². The largest absolute Gasteiger partial charge is 0.275 e. The standard InChI is InChI=1S/C18H23NO4/c1-14(11-12-19-16(20)9-10-17(19)21)13-22-23-18(2,3)15-7-5-4-6-8-15/h4-10,14H,11-13H2,1-3H3. The topological polar surface area (TPSA) is 55.8 Å². The van der Waals surface area contributed by atoms with Crippen molar-refractivity contribution in [3.63, 3.8) is 0 Å². The summed E-state index contributed by atoms with van der Waals surface area (Å²) in [4.78, 5) is 35.1. The molecule has 0 saturated heterocycles. The van der Waals surface area contributed by atoms with E-state index in [2.05, 4.69) is 0 Å². The summed E-state index contributed by atoms with van der Waals surface area (Å²) in [7, 11) is 0. The molecule has 1 heterocycles. The highest BCUT2D eigenvalue weighted by atomic mass is 17.2. The maximum atomic E-state index is 11.5. The van der Waals surface area contributed by atoms with Crippen LogP contribution in [0.1, 0.15) is 32.8 Å². The minimum absolute atomic E-state index is 0.169. The number of hydrogen-bond donors (Lipinski definition) is 0. The zero-order valence-electron chi connectivity index (χ0n) is 13.8. The Morgan fingerprint density at radius 2 is 1.70 bits per heavy atom. The van der Waals surface area contributed by atoms with E-state index in [4.69, 9.17) is 9.78 Å². The van der Waals surface area contributed by atoms with Crippen LogP contribution in [0.15, 0.2) is 42.5 Å². The number of hydrogen-bond acceptors (Lipinski definition) is 4. The van der Waals surface area contributed by atoms with E-state index in [0.717, 1.165) is 5.56 Å². The van der Waals surface area contributed by atoms with Gasteiger partial charge in [-0.3, -0.25) is 14.5 Å². The molecule has 1 unspecified atom stereocenters. The van der Waals surface area contributed by atoms with Gasteiger partial charge in [-0.2, -0.15) is 0 Å². The fourth-order valence-electron chi connectivity index (χ4n) is 2.27. The first kappa shape index (κ1) is 17.4. The highest BCUT2D eigenvalue weighted by Gasteiger charge is 2.25. The van der Waals surface area contributed by atoms with Crippen molar-refractivity contribution >= 4 is 11.8 Å². The molecule has 2 rings (SSSR count). The van der Waals surface area contributed by atoms with E-state index in [1.165, 1.54) is 17.1 Å². The van der Waals surface area contributed by atoms with Crippen molar-refractivity contribution in [2.24, 2.45) is 5.92 Å². The molecule has 124 valence electrons. The summed E-state index contributed by atoms with van der Waals surface area (Å²) in [6, 6.07) is 9.86. The van der Waals surface area contributed by atoms with Gasteiger partial charge in [-0.1, -0.05) is 37.3 Å². The van der Waals surface area contributed by atoms with Crippen molar-refractivity contribution in [3.05, 3.63) is 48.0 Å². The molecule has 0 aliphatic carbocycles. The number of amides is 2. The SMILES string of the molecule is CC(CCN1C(=O)C=CC1=O)COOC(C)(C)c1ccccc1. The molecule has 1 aliphatic heterocycles. The molecule has 0 fully saturated rings. The molecule has 1 aromatic carbocycles. The Labute approximate surface area is 136 Å². The minimum atomic E-state index is -0.536. The first-order valence-electron chi connectivity index (χ1n) is 7.80. The summed E-state index contributed by atoms with van der Waals surface area (Å²) < 4.78 is 0. The lowest BCUT2D eigenvalue weighted by Crippen LogP contribution is -2.32. The van der Waals surface area contributed by atoms with Crippen LogP contribution in [0.5, 0.6) is 0 Å². The highest BCUT2D eigenvalue weighted by molar-refractivity contribution is 6.12. The number of benzene rings is 1. The van der Waals surface area contributed by atoms with Gasteiger partial charge in [0.05, 0.1) is 6.61 Å². The average molecular weight is 317 g/mol. The van der Waals surface area contributed by atoms with E-state index in [1.807, 2.05) is 51.1 Å². The Hall–Kier alpha value is -1.98. The summed E-state index contributed by atoms with van der Waals surface area (Å²) in [5.74, 6) is -0.322. The van der Waals surface area contributed by atoms with Gasteiger partial charge in [0.1, 0.15) is 5.60 Å². The summed E-state index contributed by atoms with van der Waals surface area (Å²) in [5, 5.41) is 0. The maximum absolute atomic E-state index is 11.5. The molecule has 0 N–H and O–H groups in total. The van der Waals surface area contributed by atoms with Crippen molar-refractivity contribution in [1.29, 1.82) is 0 Å². The first-order chi connectivity index (χ1) is 10.9. The molecule has 1 aliphatic rings. The van der Waals surface area contributed by atoms with Crippen molar-refractivity contribution in [2.75, 3.05) is 13.2 Å². The molecule has 0 saturated carbocycles. The number of carbonyl (C=O) groups is 2. The lowest BCUT2D eigenvalue weighted by atomic mass is 9.99. The molecule has 0 spiro atoms. The van der Waals surface area contributed by atoms with Crippen LogP contribution in [-0.4, -0.2) is 29.9 Å². The molecule has 0 aromatic heterocycles.